The van der Waals surface area contributed by atoms with Gasteiger partial charge >= 0.3 is 0 Å². The fourth-order valence-electron chi connectivity index (χ4n) is 4.51. The second kappa shape index (κ2) is 11.3. The van der Waals surface area contributed by atoms with Crippen LogP contribution in [0.5, 0.6) is 5.75 Å². The Kier molecular flexibility index (Phi) is 7.95. The molecule has 4 rings (SSSR count). The average molecular weight is 462 g/mol. The van der Waals surface area contributed by atoms with E-state index in [0.29, 0.717) is 18.2 Å². The normalized spacial score (nSPS) is 16.1. The first-order valence-corrected chi connectivity index (χ1v) is 12.1. The van der Waals surface area contributed by atoms with Crippen molar-refractivity contribution in [3.8, 4) is 5.75 Å². The Morgan fingerprint density at radius 3 is 2.74 bits per heavy atom. The molecule has 180 valence electrons. The van der Waals surface area contributed by atoms with Crippen LogP contribution >= 0.6 is 0 Å². The van der Waals surface area contributed by atoms with E-state index in [2.05, 4.69) is 40.2 Å². The molecule has 0 spiro atoms. The third-order valence-corrected chi connectivity index (χ3v) is 6.36. The smallest absolute Gasteiger partial charge is 0.272 e. The highest BCUT2D eigenvalue weighted by molar-refractivity contribution is 5.92. The molecule has 1 saturated heterocycles. The SMILES string of the molecule is Cc1cc(C(=O)N2CCCC(COc3ccc(CN(C)CCc4ccccn4)cc3)C2)n(C)n1. The van der Waals surface area contributed by atoms with Crippen LogP contribution in [0.25, 0.3) is 0 Å². The number of likely N-dealkylation sites (N-methyl/N-ethyl adjacent to an activating group) is 1. The maximum Gasteiger partial charge on any atom is 0.272 e. The lowest BCUT2D eigenvalue weighted by atomic mass is 9.98. The molecule has 0 saturated carbocycles. The number of hydrogen-bond acceptors (Lipinski definition) is 5. The lowest BCUT2D eigenvalue weighted by molar-refractivity contribution is 0.0622. The predicted octanol–water partition coefficient (Wildman–Crippen LogP) is 3.73. The molecule has 0 aliphatic carbocycles. The highest BCUT2D eigenvalue weighted by Crippen LogP contribution is 2.21. The number of aromatic nitrogens is 3. The van der Waals surface area contributed by atoms with Crippen molar-refractivity contribution >= 4 is 5.91 Å². The molecule has 3 aromatic rings. The van der Waals surface area contributed by atoms with Crippen molar-refractivity contribution in [1.29, 1.82) is 0 Å². The Balaban J connectivity index is 1.22. The number of aryl methyl sites for hydroxylation is 2. The van der Waals surface area contributed by atoms with Gasteiger partial charge in [0.05, 0.1) is 12.3 Å². The number of nitrogens with zero attached hydrogens (tertiary/aromatic N) is 5. The zero-order chi connectivity index (χ0) is 23.9. The van der Waals surface area contributed by atoms with Gasteiger partial charge in [0, 0.05) is 57.5 Å². The summed E-state index contributed by atoms with van der Waals surface area (Å²) in [5.41, 5.74) is 3.90. The average Bonchev–Trinajstić information content (AvgIpc) is 3.20. The van der Waals surface area contributed by atoms with Crippen molar-refractivity contribution in [2.45, 2.75) is 32.7 Å². The molecule has 7 heteroatoms. The van der Waals surface area contributed by atoms with Gasteiger partial charge in [-0.2, -0.15) is 5.10 Å². The Bertz CT molecular complexity index is 1060. The summed E-state index contributed by atoms with van der Waals surface area (Å²) >= 11 is 0. The van der Waals surface area contributed by atoms with E-state index in [4.69, 9.17) is 4.74 Å². The third-order valence-electron chi connectivity index (χ3n) is 6.36. The fraction of sp³-hybridized carbons (Fsp3) is 0.444. The summed E-state index contributed by atoms with van der Waals surface area (Å²) in [5, 5.41) is 4.31. The number of hydrogen-bond donors (Lipinski definition) is 0. The molecular weight excluding hydrogens is 426 g/mol. The molecule has 7 nitrogen and oxygen atoms in total. The monoisotopic (exact) mass is 461 g/mol. The summed E-state index contributed by atoms with van der Waals surface area (Å²) in [5.74, 6) is 1.28. The van der Waals surface area contributed by atoms with Crippen molar-refractivity contribution in [2.75, 3.05) is 33.3 Å². The van der Waals surface area contributed by atoms with Gasteiger partial charge in [-0.25, -0.2) is 0 Å². The third kappa shape index (κ3) is 6.44. The van der Waals surface area contributed by atoms with Crippen LogP contribution in [0.15, 0.2) is 54.7 Å². The number of pyridine rings is 1. The molecule has 1 aromatic carbocycles. The maximum atomic E-state index is 12.9. The zero-order valence-corrected chi connectivity index (χ0v) is 20.5. The minimum Gasteiger partial charge on any atom is -0.493 e. The van der Waals surface area contributed by atoms with Gasteiger partial charge < -0.3 is 14.5 Å². The van der Waals surface area contributed by atoms with Crippen molar-refractivity contribution < 1.29 is 9.53 Å². The first-order valence-electron chi connectivity index (χ1n) is 12.1. The van der Waals surface area contributed by atoms with Crippen LogP contribution in [0.2, 0.25) is 0 Å². The Morgan fingerprint density at radius 2 is 2.03 bits per heavy atom. The molecule has 1 amide bonds. The summed E-state index contributed by atoms with van der Waals surface area (Å²) in [7, 11) is 3.96. The summed E-state index contributed by atoms with van der Waals surface area (Å²) < 4.78 is 7.77. The van der Waals surface area contributed by atoms with Gasteiger partial charge in [-0.15, -0.1) is 0 Å². The van der Waals surface area contributed by atoms with Gasteiger partial charge in [0.1, 0.15) is 11.4 Å². The van der Waals surface area contributed by atoms with E-state index in [9.17, 15) is 4.79 Å². The molecule has 0 bridgehead atoms. The van der Waals surface area contributed by atoms with Crippen molar-refractivity contribution in [3.63, 3.8) is 0 Å². The van der Waals surface area contributed by atoms with E-state index in [1.165, 1.54) is 5.56 Å². The quantitative estimate of drug-likeness (QED) is 0.486. The minimum absolute atomic E-state index is 0.0596. The van der Waals surface area contributed by atoms with Crippen LogP contribution in [0, 0.1) is 12.8 Å². The van der Waals surface area contributed by atoms with Crippen molar-refractivity contribution in [3.05, 3.63) is 77.4 Å². The lowest BCUT2D eigenvalue weighted by Crippen LogP contribution is -2.42. The number of likely N-dealkylation sites (tertiary alicyclic amines) is 1. The molecule has 0 N–H and O–H groups in total. The number of amides is 1. The summed E-state index contributed by atoms with van der Waals surface area (Å²) in [6.07, 6.45) is 4.87. The summed E-state index contributed by atoms with van der Waals surface area (Å²) in [4.78, 5) is 21.6. The summed E-state index contributed by atoms with van der Waals surface area (Å²) in [6.45, 7) is 5.90. The van der Waals surface area contributed by atoms with E-state index in [1.54, 1.807) is 4.68 Å². The Hall–Kier alpha value is -3.19. The molecule has 1 fully saturated rings. The van der Waals surface area contributed by atoms with Crippen molar-refractivity contribution in [1.82, 2.24) is 24.6 Å². The molecule has 1 aliphatic heterocycles. The Labute approximate surface area is 202 Å². The topological polar surface area (TPSA) is 63.5 Å². The predicted molar refractivity (Wildman–Crippen MR) is 133 cm³/mol. The van der Waals surface area contributed by atoms with Gasteiger partial charge in [0.2, 0.25) is 0 Å². The van der Waals surface area contributed by atoms with Crippen LogP contribution in [-0.4, -0.2) is 63.8 Å². The standard InChI is InChI=1S/C27H35N5O2/c1-21-17-26(31(3)29-21)27(33)32-15-6-7-23(19-32)20-34-25-11-9-22(10-12-25)18-30(2)16-13-24-8-4-5-14-28-24/h4-5,8-12,14,17,23H,6-7,13,15-16,18-20H2,1-3H3. The highest BCUT2D eigenvalue weighted by atomic mass is 16.5. The van der Waals surface area contributed by atoms with Crippen LogP contribution in [0.1, 0.15) is 40.3 Å². The zero-order valence-electron chi connectivity index (χ0n) is 20.5. The molecule has 1 atom stereocenters. The van der Waals surface area contributed by atoms with Gasteiger partial charge in [0.15, 0.2) is 0 Å². The van der Waals surface area contributed by atoms with E-state index in [0.717, 1.165) is 62.6 Å². The highest BCUT2D eigenvalue weighted by Gasteiger charge is 2.26. The van der Waals surface area contributed by atoms with E-state index >= 15 is 0 Å². The van der Waals surface area contributed by atoms with Crippen LogP contribution < -0.4 is 4.74 Å². The van der Waals surface area contributed by atoms with Crippen LogP contribution in [-0.2, 0) is 20.0 Å². The maximum absolute atomic E-state index is 12.9. The lowest BCUT2D eigenvalue weighted by Gasteiger charge is -2.32. The second-order valence-corrected chi connectivity index (χ2v) is 9.32. The van der Waals surface area contributed by atoms with Gasteiger partial charge in [0.25, 0.3) is 5.91 Å². The largest absolute Gasteiger partial charge is 0.493 e. The number of rotatable bonds is 9. The number of piperidine rings is 1. The van der Waals surface area contributed by atoms with E-state index in [-0.39, 0.29) is 5.91 Å². The molecule has 1 aliphatic rings. The molecule has 0 radical (unpaired) electrons. The minimum atomic E-state index is 0.0596. The summed E-state index contributed by atoms with van der Waals surface area (Å²) in [6, 6.07) is 16.3. The van der Waals surface area contributed by atoms with Crippen LogP contribution in [0.3, 0.4) is 0 Å². The first-order chi connectivity index (χ1) is 16.5. The van der Waals surface area contributed by atoms with Crippen LogP contribution in [0.4, 0.5) is 0 Å². The molecule has 1 unspecified atom stereocenters. The number of carbonyl (C=O) groups excluding carboxylic acids is 1. The van der Waals surface area contributed by atoms with E-state index in [1.807, 2.05) is 55.4 Å². The molecule has 34 heavy (non-hydrogen) atoms. The Morgan fingerprint density at radius 1 is 1.21 bits per heavy atom. The first kappa shape index (κ1) is 24.0. The fourth-order valence-corrected chi connectivity index (χ4v) is 4.51. The van der Waals surface area contributed by atoms with E-state index < -0.39 is 0 Å². The van der Waals surface area contributed by atoms with Gasteiger partial charge in [-0.1, -0.05) is 18.2 Å². The number of ether oxygens (including phenoxy) is 1. The number of carbonyl (C=O) groups is 1. The molecular formula is C27H35N5O2. The molecule has 2 aromatic heterocycles. The molecule has 3 heterocycles. The van der Waals surface area contributed by atoms with Gasteiger partial charge in [-0.3, -0.25) is 14.5 Å². The van der Waals surface area contributed by atoms with Crippen molar-refractivity contribution in [2.24, 2.45) is 13.0 Å². The van der Waals surface area contributed by atoms with Gasteiger partial charge in [-0.05, 0) is 62.7 Å². The number of benzene rings is 1. The second-order valence-electron chi connectivity index (χ2n) is 9.32.